The second kappa shape index (κ2) is 10.9. The minimum Gasteiger partial charge on any atom is -0.497 e. The summed E-state index contributed by atoms with van der Waals surface area (Å²) >= 11 is 1.30. The van der Waals surface area contributed by atoms with Gasteiger partial charge >= 0.3 is 0 Å². The molecule has 3 aromatic rings. The molecule has 8 heteroatoms. The largest absolute Gasteiger partial charge is 0.497 e. The first-order valence-corrected chi connectivity index (χ1v) is 11.6. The molecule has 34 heavy (non-hydrogen) atoms. The van der Waals surface area contributed by atoms with Crippen LogP contribution in [0.25, 0.3) is 0 Å². The number of hydrogen-bond donors (Lipinski definition) is 1. The average Bonchev–Trinajstić information content (AvgIpc) is 3.14. The maximum Gasteiger partial charge on any atom is 0.242 e. The molecule has 0 radical (unpaired) electrons. The van der Waals surface area contributed by atoms with Crippen LogP contribution in [0, 0.1) is 0 Å². The number of nitrogens with one attached hydrogen (secondary N) is 1. The number of amidine groups is 1. The third kappa shape index (κ3) is 5.58. The molecule has 0 saturated carbocycles. The molecule has 7 nitrogen and oxygen atoms in total. The zero-order valence-electron chi connectivity index (χ0n) is 18.9. The van der Waals surface area contributed by atoms with Crippen LogP contribution in [0.3, 0.4) is 0 Å². The van der Waals surface area contributed by atoms with Gasteiger partial charge in [-0.3, -0.25) is 14.5 Å². The number of para-hydroxylation sites is 2. The van der Waals surface area contributed by atoms with Gasteiger partial charge in [0.05, 0.1) is 32.1 Å². The molecule has 1 heterocycles. The second-order valence-corrected chi connectivity index (χ2v) is 8.73. The smallest absolute Gasteiger partial charge is 0.242 e. The molecule has 1 aliphatic heterocycles. The second-order valence-electron chi connectivity index (χ2n) is 7.56. The van der Waals surface area contributed by atoms with Gasteiger partial charge in [-0.25, -0.2) is 4.99 Å². The minimum atomic E-state index is -0.574. The van der Waals surface area contributed by atoms with Crippen molar-refractivity contribution in [1.29, 1.82) is 0 Å². The molecule has 1 saturated heterocycles. The lowest BCUT2D eigenvalue weighted by molar-refractivity contribution is -0.128. The summed E-state index contributed by atoms with van der Waals surface area (Å²) < 4.78 is 10.5. The molecule has 1 aliphatic rings. The highest BCUT2D eigenvalue weighted by Crippen LogP contribution is 2.34. The van der Waals surface area contributed by atoms with Gasteiger partial charge in [-0.2, -0.15) is 0 Å². The third-order valence-electron chi connectivity index (χ3n) is 5.25. The molecule has 174 valence electrons. The minimum absolute atomic E-state index is 0.0223. The summed E-state index contributed by atoms with van der Waals surface area (Å²) in [6.07, 6.45) is 0.0223. The van der Waals surface area contributed by atoms with Crippen LogP contribution in [0.15, 0.2) is 83.9 Å². The number of methoxy groups -OCH3 is 2. The molecule has 3 aromatic carbocycles. The van der Waals surface area contributed by atoms with Gasteiger partial charge in [0.15, 0.2) is 5.17 Å². The number of amides is 2. The number of anilines is 1. The molecule has 1 fully saturated rings. The highest BCUT2D eigenvalue weighted by atomic mass is 32.2. The van der Waals surface area contributed by atoms with E-state index in [1.54, 1.807) is 31.3 Å². The Balaban J connectivity index is 1.54. The quantitative estimate of drug-likeness (QED) is 0.503. The van der Waals surface area contributed by atoms with Crippen molar-refractivity contribution in [2.45, 2.75) is 18.2 Å². The fourth-order valence-corrected chi connectivity index (χ4v) is 4.68. The molecular weight excluding hydrogens is 450 g/mol. The van der Waals surface area contributed by atoms with Gasteiger partial charge in [-0.1, -0.05) is 54.2 Å². The van der Waals surface area contributed by atoms with E-state index in [9.17, 15) is 9.59 Å². The highest BCUT2D eigenvalue weighted by molar-refractivity contribution is 8.15. The third-order valence-corrected chi connectivity index (χ3v) is 6.43. The summed E-state index contributed by atoms with van der Waals surface area (Å²) in [7, 11) is 3.15. The topological polar surface area (TPSA) is 80.2 Å². The fraction of sp³-hybridized carbons (Fsp3) is 0.192. The number of rotatable bonds is 8. The molecule has 0 spiro atoms. The van der Waals surface area contributed by atoms with Crippen molar-refractivity contribution in [3.8, 4) is 11.5 Å². The number of nitrogens with zero attached hydrogens (tertiary/aromatic N) is 2. The summed E-state index contributed by atoms with van der Waals surface area (Å²) in [5.41, 5.74) is 2.25. The Hall–Kier alpha value is -3.78. The van der Waals surface area contributed by atoms with Crippen LogP contribution in [0.4, 0.5) is 11.4 Å². The van der Waals surface area contributed by atoms with Crippen molar-refractivity contribution in [1.82, 2.24) is 4.90 Å². The van der Waals surface area contributed by atoms with Crippen LogP contribution in [0.5, 0.6) is 11.5 Å². The number of thioether (sulfide) groups is 1. The van der Waals surface area contributed by atoms with Crippen LogP contribution >= 0.6 is 11.8 Å². The maximum absolute atomic E-state index is 13.3. The molecule has 0 aliphatic carbocycles. The van der Waals surface area contributed by atoms with Crippen molar-refractivity contribution < 1.29 is 19.1 Å². The summed E-state index contributed by atoms with van der Waals surface area (Å²) in [4.78, 5) is 32.5. The summed E-state index contributed by atoms with van der Waals surface area (Å²) in [6.45, 7) is 0.381. The zero-order valence-corrected chi connectivity index (χ0v) is 19.7. The first kappa shape index (κ1) is 23.4. The molecule has 0 bridgehead atoms. The molecule has 1 atom stereocenters. The first-order chi connectivity index (χ1) is 16.6. The van der Waals surface area contributed by atoms with Crippen molar-refractivity contribution in [2.24, 2.45) is 4.99 Å². The standard InChI is InChI=1S/C26H25N3O4S/c1-32-20-14-12-19(13-15-20)27-26-29(17-18-8-4-3-5-9-18)25(31)23(34-26)16-24(30)28-21-10-6-7-11-22(21)33-2/h3-15,23H,16-17H2,1-2H3,(H,28,30). The van der Waals surface area contributed by atoms with E-state index < -0.39 is 5.25 Å². The van der Waals surface area contributed by atoms with Gasteiger partial charge in [0.25, 0.3) is 0 Å². The fourth-order valence-electron chi connectivity index (χ4n) is 3.52. The van der Waals surface area contributed by atoms with Gasteiger partial charge < -0.3 is 14.8 Å². The SMILES string of the molecule is COc1ccc(N=C2SC(CC(=O)Nc3ccccc3OC)C(=O)N2Cc2ccccc2)cc1. The number of carbonyl (C=O) groups excluding carboxylic acids is 2. The molecule has 1 unspecified atom stereocenters. The molecule has 1 N–H and O–H groups in total. The van der Waals surface area contributed by atoms with Gasteiger partial charge in [0.2, 0.25) is 11.8 Å². The Morgan fingerprint density at radius 1 is 0.971 bits per heavy atom. The summed E-state index contributed by atoms with van der Waals surface area (Å²) in [5, 5.41) is 2.84. The summed E-state index contributed by atoms with van der Waals surface area (Å²) in [5.74, 6) is 0.886. The Morgan fingerprint density at radius 2 is 1.68 bits per heavy atom. The van der Waals surface area contributed by atoms with E-state index in [0.29, 0.717) is 28.8 Å². The van der Waals surface area contributed by atoms with Crippen LogP contribution < -0.4 is 14.8 Å². The average molecular weight is 476 g/mol. The number of ether oxygens (including phenoxy) is 2. The zero-order chi connectivity index (χ0) is 23.9. The predicted molar refractivity (Wildman–Crippen MR) is 135 cm³/mol. The van der Waals surface area contributed by atoms with Crippen LogP contribution in [-0.2, 0) is 16.1 Å². The Kier molecular flexibility index (Phi) is 7.49. The molecular formula is C26H25N3O4S. The monoisotopic (exact) mass is 475 g/mol. The van der Waals surface area contributed by atoms with E-state index in [2.05, 4.69) is 5.32 Å². The van der Waals surface area contributed by atoms with E-state index >= 15 is 0 Å². The van der Waals surface area contributed by atoms with Gasteiger partial charge in [-0.15, -0.1) is 0 Å². The Bertz CT molecular complexity index is 1180. The van der Waals surface area contributed by atoms with Crippen molar-refractivity contribution in [2.75, 3.05) is 19.5 Å². The lowest BCUT2D eigenvalue weighted by Gasteiger charge is -2.16. The summed E-state index contributed by atoms with van der Waals surface area (Å²) in [6, 6.07) is 24.2. The van der Waals surface area contributed by atoms with Crippen LogP contribution in [-0.4, -0.2) is 41.4 Å². The lowest BCUT2D eigenvalue weighted by atomic mass is 10.2. The molecule has 4 rings (SSSR count). The van der Waals surface area contributed by atoms with Gasteiger partial charge in [0, 0.05) is 6.42 Å². The van der Waals surface area contributed by atoms with Crippen molar-refractivity contribution in [3.63, 3.8) is 0 Å². The number of carbonyl (C=O) groups is 2. The highest BCUT2D eigenvalue weighted by Gasteiger charge is 2.39. The van der Waals surface area contributed by atoms with E-state index in [1.165, 1.54) is 11.8 Å². The van der Waals surface area contributed by atoms with Crippen LogP contribution in [0.2, 0.25) is 0 Å². The number of benzene rings is 3. The Labute approximate surface area is 202 Å². The first-order valence-electron chi connectivity index (χ1n) is 10.7. The van der Waals surface area contributed by atoms with E-state index in [-0.39, 0.29) is 18.2 Å². The normalized spacial score (nSPS) is 16.5. The van der Waals surface area contributed by atoms with Crippen molar-refractivity contribution >= 4 is 40.1 Å². The maximum atomic E-state index is 13.3. The predicted octanol–water partition coefficient (Wildman–Crippen LogP) is 4.86. The van der Waals surface area contributed by atoms with E-state index in [0.717, 1.165) is 11.3 Å². The van der Waals surface area contributed by atoms with Gasteiger partial charge in [-0.05, 0) is 42.0 Å². The van der Waals surface area contributed by atoms with Crippen molar-refractivity contribution in [3.05, 3.63) is 84.4 Å². The van der Waals surface area contributed by atoms with E-state index in [4.69, 9.17) is 14.5 Å². The molecule has 0 aromatic heterocycles. The molecule has 2 amide bonds. The van der Waals surface area contributed by atoms with E-state index in [1.807, 2.05) is 66.7 Å². The van der Waals surface area contributed by atoms with Gasteiger partial charge in [0.1, 0.15) is 16.7 Å². The Morgan fingerprint density at radius 3 is 2.38 bits per heavy atom. The number of hydrogen-bond acceptors (Lipinski definition) is 6. The number of aliphatic imine (C=N–C) groups is 1. The lowest BCUT2D eigenvalue weighted by Crippen LogP contribution is -2.33. The van der Waals surface area contributed by atoms with Crippen LogP contribution in [0.1, 0.15) is 12.0 Å².